The summed E-state index contributed by atoms with van der Waals surface area (Å²) in [4.78, 5) is 2.11. The van der Waals surface area contributed by atoms with Crippen molar-refractivity contribution in [3.8, 4) is 23.0 Å². The van der Waals surface area contributed by atoms with Gasteiger partial charge in [0.1, 0.15) is 23.0 Å². The Morgan fingerprint density at radius 1 is 0.500 bits per heavy atom. The van der Waals surface area contributed by atoms with Gasteiger partial charge in [0.15, 0.2) is 0 Å². The van der Waals surface area contributed by atoms with Crippen LogP contribution in [0.1, 0.15) is 47.2 Å². The highest BCUT2D eigenvalue weighted by atomic mass is 32.2. The van der Waals surface area contributed by atoms with E-state index in [0.29, 0.717) is 11.5 Å². The summed E-state index contributed by atoms with van der Waals surface area (Å²) in [7, 11) is 0. The zero-order valence-corrected chi connectivity index (χ0v) is 22.4. The fraction of sp³-hybridized carbons (Fsp3) is 0.226. The van der Waals surface area contributed by atoms with Crippen LogP contribution in [-0.2, 0) is 5.41 Å². The molecule has 0 atom stereocenters. The molecule has 0 heterocycles. The highest BCUT2D eigenvalue weighted by Crippen LogP contribution is 2.38. The van der Waals surface area contributed by atoms with E-state index in [-0.39, 0.29) is 16.9 Å². The smallest absolute Gasteiger partial charge is 0.121 e. The second-order valence-corrected chi connectivity index (χ2v) is 10.8. The molecule has 4 nitrogen and oxygen atoms in total. The summed E-state index contributed by atoms with van der Waals surface area (Å²) in [5, 5.41) is 38.2. The Morgan fingerprint density at radius 3 is 1.06 bits per heavy atom. The van der Waals surface area contributed by atoms with Crippen molar-refractivity contribution in [2.75, 3.05) is 0 Å². The zero-order chi connectivity index (χ0) is 26.6. The fourth-order valence-corrected chi connectivity index (χ4v) is 4.78. The minimum absolute atomic E-state index is 0.188. The van der Waals surface area contributed by atoms with Crippen molar-refractivity contribution < 1.29 is 20.4 Å². The van der Waals surface area contributed by atoms with Crippen molar-refractivity contribution in [2.24, 2.45) is 0 Å². The zero-order valence-electron chi connectivity index (χ0n) is 21.6. The van der Waals surface area contributed by atoms with E-state index >= 15 is 0 Å². The first kappa shape index (κ1) is 27.0. The molecule has 0 saturated heterocycles. The van der Waals surface area contributed by atoms with E-state index in [1.807, 2.05) is 76.2 Å². The van der Waals surface area contributed by atoms with Crippen LogP contribution in [0.15, 0.2) is 82.6 Å². The lowest BCUT2D eigenvalue weighted by Crippen LogP contribution is -2.19. The standard InChI is InChI=1S/C19H24O2.C12H10O2S/c1-11-7-15(8-12(2)17(11)20)19(5,6)16-9-13(3)18(21)14(4)10-16;13-9-1-5-11(6-2-9)15-12-7-3-10(14)4-8-12/h7-10,20-21H,1-6H3;1-8,13-14H. The number of phenols is 4. The lowest BCUT2D eigenvalue weighted by atomic mass is 9.76. The van der Waals surface area contributed by atoms with Crippen LogP contribution in [0, 0.1) is 27.7 Å². The largest absolute Gasteiger partial charge is 0.508 e. The molecule has 0 aromatic heterocycles. The number of aryl methyl sites for hydroxylation is 4. The van der Waals surface area contributed by atoms with E-state index < -0.39 is 0 Å². The van der Waals surface area contributed by atoms with Gasteiger partial charge in [-0.2, -0.15) is 0 Å². The Kier molecular flexibility index (Phi) is 8.26. The van der Waals surface area contributed by atoms with Gasteiger partial charge in [-0.15, -0.1) is 0 Å². The van der Waals surface area contributed by atoms with E-state index in [1.54, 1.807) is 36.0 Å². The summed E-state index contributed by atoms with van der Waals surface area (Å²) in [6.07, 6.45) is 0. The van der Waals surface area contributed by atoms with Crippen LogP contribution in [0.25, 0.3) is 0 Å². The monoisotopic (exact) mass is 502 g/mol. The maximum atomic E-state index is 9.96. The Balaban J connectivity index is 0.000000212. The second-order valence-electron chi connectivity index (χ2n) is 9.63. The van der Waals surface area contributed by atoms with Gasteiger partial charge in [0, 0.05) is 15.2 Å². The molecule has 4 aromatic carbocycles. The van der Waals surface area contributed by atoms with E-state index in [9.17, 15) is 10.2 Å². The first-order valence-electron chi connectivity index (χ1n) is 11.8. The number of benzene rings is 4. The summed E-state index contributed by atoms with van der Waals surface area (Å²) >= 11 is 1.58. The summed E-state index contributed by atoms with van der Waals surface area (Å²) in [6, 6.07) is 22.2. The molecule has 0 aliphatic rings. The van der Waals surface area contributed by atoms with Gasteiger partial charge in [-0.3, -0.25) is 0 Å². The van der Waals surface area contributed by atoms with E-state index in [4.69, 9.17) is 10.2 Å². The molecular weight excluding hydrogens is 468 g/mol. The maximum Gasteiger partial charge on any atom is 0.121 e. The molecule has 0 radical (unpaired) electrons. The molecule has 0 spiro atoms. The summed E-state index contributed by atoms with van der Waals surface area (Å²) < 4.78 is 0. The first-order valence-corrected chi connectivity index (χ1v) is 12.6. The Hall–Kier alpha value is -3.57. The molecule has 0 aliphatic heterocycles. The third kappa shape index (κ3) is 6.35. The number of rotatable bonds is 4. The number of aromatic hydroxyl groups is 4. The van der Waals surface area contributed by atoms with Gasteiger partial charge in [0.05, 0.1) is 0 Å². The van der Waals surface area contributed by atoms with Crippen LogP contribution >= 0.6 is 11.8 Å². The summed E-state index contributed by atoms with van der Waals surface area (Å²) in [6.45, 7) is 12.0. The van der Waals surface area contributed by atoms with Crippen molar-refractivity contribution in [3.05, 3.63) is 106 Å². The molecule has 4 aromatic rings. The highest BCUT2D eigenvalue weighted by molar-refractivity contribution is 7.99. The van der Waals surface area contributed by atoms with Crippen LogP contribution in [0.4, 0.5) is 0 Å². The van der Waals surface area contributed by atoms with Crippen LogP contribution < -0.4 is 0 Å². The molecule has 36 heavy (non-hydrogen) atoms. The molecule has 188 valence electrons. The molecule has 4 N–H and O–H groups in total. The van der Waals surface area contributed by atoms with Crippen molar-refractivity contribution >= 4 is 11.8 Å². The quantitative estimate of drug-likeness (QED) is 0.228. The van der Waals surface area contributed by atoms with Crippen LogP contribution in [-0.4, -0.2) is 20.4 Å². The van der Waals surface area contributed by atoms with Crippen molar-refractivity contribution in [1.82, 2.24) is 0 Å². The molecule has 0 aliphatic carbocycles. The number of phenolic OH excluding ortho intramolecular Hbond substituents is 4. The van der Waals surface area contributed by atoms with Gasteiger partial charge < -0.3 is 20.4 Å². The SMILES string of the molecule is Cc1cc(C(C)(C)c2cc(C)c(O)c(C)c2)cc(C)c1O.Oc1ccc(Sc2ccc(O)cc2)cc1. The molecule has 0 bridgehead atoms. The third-order valence-corrected chi connectivity index (χ3v) is 7.35. The Morgan fingerprint density at radius 2 is 0.778 bits per heavy atom. The van der Waals surface area contributed by atoms with Gasteiger partial charge in [-0.25, -0.2) is 0 Å². The number of hydrogen-bond donors (Lipinski definition) is 4. The van der Waals surface area contributed by atoms with Crippen molar-refractivity contribution in [2.45, 2.75) is 56.7 Å². The van der Waals surface area contributed by atoms with Crippen LogP contribution in [0.3, 0.4) is 0 Å². The summed E-state index contributed by atoms with van der Waals surface area (Å²) in [5.74, 6) is 1.27. The van der Waals surface area contributed by atoms with Crippen molar-refractivity contribution in [1.29, 1.82) is 0 Å². The predicted octanol–water partition coefficient (Wildman–Crippen LogP) is 7.91. The van der Waals surface area contributed by atoms with Gasteiger partial charge in [0.25, 0.3) is 0 Å². The molecule has 0 saturated carbocycles. The van der Waals surface area contributed by atoms with E-state index in [2.05, 4.69) is 13.8 Å². The van der Waals surface area contributed by atoms with Gasteiger partial charge in [0.2, 0.25) is 0 Å². The first-order chi connectivity index (χ1) is 16.9. The molecular formula is C31H34O4S. The van der Waals surface area contributed by atoms with Gasteiger partial charge in [-0.1, -0.05) is 49.9 Å². The van der Waals surface area contributed by atoms with Gasteiger partial charge in [-0.05, 0) is 110 Å². The lowest BCUT2D eigenvalue weighted by Gasteiger charge is -2.28. The third-order valence-electron chi connectivity index (χ3n) is 6.33. The van der Waals surface area contributed by atoms with Gasteiger partial charge >= 0.3 is 0 Å². The average Bonchev–Trinajstić information content (AvgIpc) is 2.83. The van der Waals surface area contributed by atoms with Crippen LogP contribution in [0.5, 0.6) is 23.0 Å². The fourth-order valence-electron chi connectivity index (χ4n) is 3.96. The molecule has 5 heteroatoms. The topological polar surface area (TPSA) is 80.9 Å². The molecule has 0 amide bonds. The highest BCUT2D eigenvalue weighted by Gasteiger charge is 2.25. The van der Waals surface area contributed by atoms with E-state index in [0.717, 1.165) is 32.0 Å². The molecule has 4 rings (SSSR count). The summed E-state index contributed by atoms with van der Waals surface area (Å²) in [5.41, 5.74) is 5.72. The Bertz CT molecular complexity index is 1190. The second kappa shape index (κ2) is 11.0. The molecule has 0 unspecified atom stereocenters. The number of hydrogen-bond acceptors (Lipinski definition) is 5. The minimum Gasteiger partial charge on any atom is -0.508 e. The maximum absolute atomic E-state index is 9.96. The Labute approximate surface area is 217 Å². The minimum atomic E-state index is -0.188. The predicted molar refractivity (Wildman–Crippen MR) is 148 cm³/mol. The molecule has 0 fully saturated rings. The van der Waals surface area contributed by atoms with Crippen LogP contribution in [0.2, 0.25) is 0 Å². The normalized spacial score (nSPS) is 11.1. The average molecular weight is 503 g/mol. The van der Waals surface area contributed by atoms with Crippen molar-refractivity contribution in [3.63, 3.8) is 0 Å². The lowest BCUT2D eigenvalue weighted by molar-refractivity contribution is 0.465. The van der Waals surface area contributed by atoms with E-state index in [1.165, 1.54) is 11.1 Å².